The lowest BCUT2D eigenvalue weighted by Gasteiger charge is -2.32. The lowest BCUT2D eigenvalue weighted by atomic mass is 10.0. The van der Waals surface area contributed by atoms with Crippen molar-refractivity contribution in [3.8, 4) is 0 Å². The van der Waals surface area contributed by atoms with Gasteiger partial charge in [-0.25, -0.2) is 0 Å². The molecule has 1 aliphatic heterocycles. The third-order valence-electron chi connectivity index (χ3n) is 6.67. The Morgan fingerprint density at radius 3 is 1.38 bits per heavy atom. The molecule has 1 heterocycles. The first-order valence-corrected chi connectivity index (χ1v) is 13.5. The fourth-order valence-electron chi connectivity index (χ4n) is 4.67. The van der Waals surface area contributed by atoms with Gasteiger partial charge in [0.25, 0.3) is 0 Å². The van der Waals surface area contributed by atoms with Crippen LogP contribution < -0.4 is 0 Å². The van der Waals surface area contributed by atoms with E-state index in [-0.39, 0.29) is 0 Å². The highest BCUT2D eigenvalue weighted by Gasteiger charge is 2.23. The van der Waals surface area contributed by atoms with Crippen LogP contribution in [-0.4, -0.2) is 29.1 Å². The molecule has 29 heavy (non-hydrogen) atoms. The maximum atomic E-state index is 2.63. The summed E-state index contributed by atoms with van der Waals surface area (Å²) >= 11 is 0. The van der Waals surface area contributed by atoms with Crippen molar-refractivity contribution in [2.45, 2.75) is 149 Å². The normalized spacial score (nSPS) is 16.3. The zero-order valence-electron chi connectivity index (χ0n) is 20.5. The molecule has 1 atom stereocenters. The molecule has 2 heteroatoms. The molecule has 0 radical (unpaired) electrons. The van der Waals surface area contributed by atoms with E-state index in [1.807, 2.05) is 0 Å². The topological polar surface area (TPSA) is 6.48 Å². The molecule has 0 saturated heterocycles. The average molecular weight is 407 g/mol. The summed E-state index contributed by atoms with van der Waals surface area (Å²) < 4.78 is 0. The number of unbranched alkanes of at least 4 members (excludes halogenated alkanes) is 16. The number of hydrogen-bond acceptors (Lipinski definition) is 2. The Balaban J connectivity index is 2.02. The first-order valence-electron chi connectivity index (χ1n) is 13.5. The minimum atomic E-state index is 0.638. The Kier molecular flexibility index (Phi) is 17.6. The molecular weight excluding hydrogens is 352 g/mol. The van der Waals surface area contributed by atoms with Crippen LogP contribution >= 0.6 is 0 Å². The smallest absolute Gasteiger partial charge is 0.101 e. The van der Waals surface area contributed by atoms with Crippen molar-refractivity contribution in [3.63, 3.8) is 0 Å². The summed E-state index contributed by atoms with van der Waals surface area (Å²) in [6, 6.07) is 0. The molecule has 0 aromatic rings. The fraction of sp³-hybridized carbons (Fsp3) is 0.926. The van der Waals surface area contributed by atoms with Crippen LogP contribution in [0.5, 0.6) is 0 Å². The quantitative estimate of drug-likeness (QED) is 0.176. The van der Waals surface area contributed by atoms with Crippen molar-refractivity contribution in [2.75, 3.05) is 13.1 Å². The van der Waals surface area contributed by atoms with Crippen molar-refractivity contribution >= 4 is 0 Å². The van der Waals surface area contributed by atoms with Gasteiger partial charge in [0, 0.05) is 25.5 Å². The van der Waals surface area contributed by atoms with E-state index in [9.17, 15) is 0 Å². The molecule has 0 aliphatic carbocycles. The molecule has 0 fully saturated rings. The molecule has 0 N–H and O–H groups in total. The lowest BCUT2D eigenvalue weighted by Crippen LogP contribution is -2.38. The maximum Gasteiger partial charge on any atom is 0.101 e. The van der Waals surface area contributed by atoms with Gasteiger partial charge in [-0.1, -0.05) is 117 Å². The van der Waals surface area contributed by atoms with Crippen molar-refractivity contribution in [1.29, 1.82) is 0 Å². The molecule has 1 unspecified atom stereocenters. The Hall–Kier alpha value is -0.660. The van der Waals surface area contributed by atoms with Crippen molar-refractivity contribution < 1.29 is 0 Å². The summed E-state index contributed by atoms with van der Waals surface area (Å²) in [5.41, 5.74) is 0. The molecule has 0 aromatic heterocycles. The second-order valence-electron chi connectivity index (χ2n) is 9.29. The second-order valence-corrected chi connectivity index (χ2v) is 9.29. The standard InChI is InChI=1S/C27H54N2/c1-4-7-9-11-13-14-15-16-17-18-19-21-23-27-28(6-3)25-26-29(27)24-22-20-12-10-8-5-2/h25-27H,4-24H2,1-3H3. The van der Waals surface area contributed by atoms with Gasteiger partial charge in [0.05, 0.1) is 0 Å². The van der Waals surface area contributed by atoms with Crippen molar-refractivity contribution in [3.05, 3.63) is 12.4 Å². The predicted octanol–water partition coefficient (Wildman–Crippen LogP) is 8.87. The van der Waals surface area contributed by atoms with E-state index in [4.69, 9.17) is 0 Å². The highest BCUT2D eigenvalue weighted by molar-refractivity contribution is 4.96. The number of hydrogen-bond donors (Lipinski definition) is 0. The van der Waals surface area contributed by atoms with Crippen LogP contribution in [-0.2, 0) is 0 Å². The summed E-state index contributed by atoms with van der Waals surface area (Å²) in [6.45, 7) is 9.30. The van der Waals surface area contributed by atoms with Crippen LogP contribution in [0.1, 0.15) is 143 Å². The molecule has 0 aromatic carbocycles. The van der Waals surface area contributed by atoms with Crippen LogP contribution in [0, 0.1) is 0 Å². The van der Waals surface area contributed by atoms with Crippen molar-refractivity contribution in [2.24, 2.45) is 0 Å². The van der Waals surface area contributed by atoms with E-state index in [1.165, 1.54) is 129 Å². The van der Waals surface area contributed by atoms with Gasteiger partial charge in [-0.05, 0) is 26.2 Å². The van der Waals surface area contributed by atoms with Crippen LogP contribution in [0.25, 0.3) is 0 Å². The van der Waals surface area contributed by atoms with Gasteiger partial charge in [-0.15, -0.1) is 0 Å². The first-order chi connectivity index (χ1) is 14.3. The SMILES string of the molecule is CCCCCCCCCCCCCCC1N(CC)C=CN1CCCCCCCC. The predicted molar refractivity (Wildman–Crippen MR) is 131 cm³/mol. The molecule has 0 amide bonds. The van der Waals surface area contributed by atoms with E-state index in [0.717, 1.165) is 6.54 Å². The minimum absolute atomic E-state index is 0.638. The van der Waals surface area contributed by atoms with E-state index < -0.39 is 0 Å². The van der Waals surface area contributed by atoms with Gasteiger partial charge >= 0.3 is 0 Å². The molecule has 172 valence electrons. The molecular formula is C27H54N2. The van der Waals surface area contributed by atoms with Crippen LogP contribution in [0.3, 0.4) is 0 Å². The van der Waals surface area contributed by atoms with E-state index in [0.29, 0.717) is 6.17 Å². The second kappa shape index (κ2) is 19.3. The van der Waals surface area contributed by atoms with Gasteiger partial charge in [0.2, 0.25) is 0 Å². The minimum Gasteiger partial charge on any atom is -0.356 e. The molecule has 0 saturated carbocycles. The third-order valence-corrected chi connectivity index (χ3v) is 6.67. The van der Waals surface area contributed by atoms with Crippen molar-refractivity contribution in [1.82, 2.24) is 9.80 Å². The van der Waals surface area contributed by atoms with E-state index in [2.05, 4.69) is 43.0 Å². The molecule has 0 spiro atoms. The summed E-state index contributed by atoms with van der Waals surface area (Å²) in [4.78, 5) is 5.18. The summed E-state index contributed by atoms with van der Waals surface area (Å²) in [6.07, 6.45) is 32.4. The largest absolute Gasteiger partial charge is 0.356 e. The molecule has 2 nitrogen and oxygen atoms in total. The Bertz CT molecular complexity index is 366. The van der Waals surface area contributed by atoms with Gasteiger partial charge in [-0.2, -0.15) is 0 Å². The Morgan fingerprint density at radius 2 is 0.897 bits per heavy atom. The van der Waals surface area contributed by atoms with E-state index >= 15 is 0 Å². The Labute approximate surface area is 184 Å². The number of nitrogens with zero attached hydrogens (tertiary/aromatic N) is 2. The zero-order valence-corrected chi connectivity index (χ0v) is 20.5. The molecule has 1 aliphatic rings. The lowest BCUT2D eigenvalue weighted by molar-refractivity contribution is 0.142. The highest BCUT2D eigenvalue weighted by atomic mass is 15.4. The summed E-state index contributed by atoms with van der Waals surface area (Å²) in [5.74, 6) is 0. The Morgan fingerprint density at radius 1 is 0.483 bits per heavy atom. The van der Waals surface area contributed by atoms with Gasteiger partial charge < -0.3 is 9.80 Å². The fourth-order valence-corrected chi connectivity index (χ4v) is 4.67. The van der Waals surface area contributed by atoms with Gasteiger partial charge in [0.1, 0.15) is 6.17 Å². The summed E-state index contributed by atoms with van der Waals surface area (Å²) in [7, 11) is 0. The van der Waals surface area contributed by atoms with Crippen LogP contribution in [0.15, 0.2) is 12.4 Å². The molecule has 0 bridgehead atoms. The third kappa shape index (κ3) is 13.3. The average Bonchev–Trinajstić information content (AvgIpc) is 3.13. The summed E-state index contributed by atoms with van der Waals surface area (Å²) in [5, 5.41) is 0. The highest BCUT2D eigenvalue weighted by Crippen LogP contribution is 2.22. The van der Waals surface area contributed by atoms with Gasteiger partial charge in [-0.3, -0.25) is 0 Å². The van der Waals surface area contributed by atoms with Crippen LogP contribution in [0.4, 0.5) is 0 Å². The van der Waals surface area contributed by atoms with Gasteiger partial charge in [0.15, 0.2) is 0 Å². The molecule has 1 rings (SSSR count). The van der Waals surface area contributed by atoms with Crippen LogP contribution in [0.2, 0.25) is 0 Å². The monoisotopic (exact) mass is 406 g/mol. The first kappa shape index (κ1) is 26.4. The van der Waals surface area contributed by atoms with E-state index in [1.54, 1.807) is 0 Å². The number of rotatable bonds is 21. The maximum absolute atomic E-state index is 2.63. The zero-order chi connectivity index (χ0) is 21.0.